The molecule has 0 saturated heterocycles. The molecule has 0 aromatic heterocycles. The van der Waals surface area contributed by atoms with Crippen LogP contribution in [0.5, 0.6) is 5.75 Å². The van der Waals surface area contributed by atoms with Crippen LogP contribution in [0, 0.1) is 17.0 Å². The Labute approximate surface area is 93.4 Å². The lowest BCUT2D eigenvalue weighted by Gasteiger charge is -2.40. The van der Waals surface area contributed by atoms with Gasteiger partial charge >= 0.3 is 0 Å². The Morgan fingerprint density at radius 2 is 2.06 bits per heavy atom. The van der Waals surface area contributed by atoms with Crippen LogP contribution in [0.15, 0.2) is 18.2 Å². The number of rotatable bonds is 4. The fourth-order valence-electron chi connectivity index (χ4n) is 1.90. The molecule has 0 aliphatic heterocycles. The molecule has 88 valence electrons. The van der Waals surface area contributed by atoms with Gasteiger partial charge in [0.2, 0.25) is 0 Å². The topological polar surface area (TPSA) is 35.2 Å². The Balaban J connectivity index is 2.01. The molecule has 2 nitrogen and oxygen atoms in total. The van der Waals surface area contributed by atoms with E-state index in [2.05, 4.69) is 0 Å². The molecule has 0 amide bonds. The molecule has 1 fully saturated rings. The van der Waals surface area contributed by atoms with Crippen molar-refractivity contribution in [2.45, 2.75) is 19.3 Å². The van der Waals surface area contributed by atoms with E-state index < -0.39 is 11.6 Å². The van der Waals surface area contributed by atoms with Crippen molar-refractivity contribution in [2.75, 3.05) is 13.2 Å². The molecule has 0 unspecified atom stereocenters. The Bertz CT molecular complexity index is 372. The predicted molar refractivity (Wildman–Crippen MR) is 57.2 cm³/mol. The molecular weight excluding hydrogens is 212 g/mol. The average Bonchev–Trinajstić information content (AvgIpc) is 2.22. The van der Waals surface area contributed by atoms with Crippen molar-refractivity contribution < 1.29 is 13.5 Å². The summed E-state index contributed by atoms with van der Waals surface area (Å²) in [5.41, 5.74) is 5.62. The van der Waals surface area contributed by atoms with Gasteiger partial charge in [0.25, 0.3) is 0 Å². The van der Waals surface area contributed by atoms with Gasteiger partial charge in [0, 0.05) is 18.0 Å². The Hall–Kier alpha value is -1.16. The minimum atomic E-state index is -0.534. The standard InChI is InChI=1S/C12H15F2NO/c13-9-2-3-10(14)11(6-9)16-8-12(7-15)4-1-5-12/h2-3,6H,1,4-5,7-8,15H2. The summed E-state index contributed by atoms with van der Waals surface area (Å²) in [6, 6.07) is 3.21. The van der Waals surface area contributed by atoms with E-state index in [-0.39, 0.29) is 11.2 Å². The van der Waals surface area contributed by atoms with Crippen LogP contribution >= 0.6 is 0 Å². The molecule has 1 saturated carbocycles. The molecule has 1 aromatic carbocycles. The lowest BCUT2D eigenvalue weighted by Crippen LogP contribution is -2.42. The maximum absolute atomic E-state index is 13.2. The molecule has 1 aliphatic rings. The van der Waals surface area contributed by atoms with E-state index in [1.54, 1.807) is 0 Å². The molecular formula is C12H15F2NO. The van der Waals surface area contributed by atoms with Gasteiger partial charge in [-0.3, -0.25) is 0 Å². The minimum Gasteiger partial charge on any atom is -0.490 e. The van der Waals surface area contributed by atoms with Crippen molar-refractivity contribution in [3.05, 3.63) is 29.8 Å². The Morgan fingerprint density at radius 3 is 2.62 bits per heavy atom. The molecule has 2 N–H and O–H groups in total. The van der Waals surface area contributed by atoms with Gasteiger partial charge in [0.1, 0.15) is 5.82 Å². The highest BCUT2D eigenvalue weighted by molar-refractivity contribution is 5.25. The molecule has 0 heterocycles. The van der Waals surface area contributed by atoms with E-state index in [0.717, 1.165) is 37.5 Å². The van der Waals surface area contributed by atoms with Gasteiger partial charge in [0.05, 0.1) is 6.61 Å². The monoisotopic (exact) mass is 227 g/mol. The van der Waals surface area contributed by atoms with Crippen molar-refractivity contribution >= 4 is 0 Å². The first kappa shape index (κ1) is 11.3. The summed E-state index contributed by atoms with van der Waals surface area (Å²) in [5, 5.41) is 0. The fourth-order valence-corrected chi connectivity index (χ4v) is 1.90. The lowest BCUT2D eigenvalue weighted by molar-refractivity contribution is 0.0644. The van der Waals surface area contributed by atoms with E-state index in [0.29, 0.717) is 13.2 Å². The smallest absolute Gasteiger partial charge is 0.165 e. The van der Waals surface area contributed by atoms with Gasteiger partial charge < -0.3 is 10.5 Å². The number of benzene rings is 1. The fraction of sp³-hybridized carbons (Fsp3) is 0.500. The van der Waals surface area contributed by atoms with Crippen LogP contribution in [0.2, 0.25) is 0 Å². The van der Waals surface area contributed by atoms with Crippen molar-refractivity contribution in [3.8, 4) is 5.75 Å². The van der Waals surface area contributed by atoms with E-state index in [1.807, 2.05) is 0 Å². The highest BCUT2D eigenvalue weighted by atomic mass is 19.1. The quantitative estimate of drug-likeness (QED) is 0.857. The highest BCUT2D eigenvalue weighted by Crippen LogP contribution is 2.40. The maximum Gasteiger partial charge on any atom is 0.165 e. The summed E-state index contributed by atoms with van der Waals surface area (Å²) >= 11 is 0. The molecule has 4 heteroatoms. The molecule has 0 atom stereocenters. The third-order valence-electron chi connectivity index (χ3n) is 3.27. The second-order valence-electron chi connectivity index (χ2n) is 4.42. The summed E-state index contributed by atoms with van der Waals surface area (Å²) in [4.78, 5) is 0. The zero-order chi connectivity index (χ0) is 11.6. The third-order valence-corrected chi connectivity index (χ3v) is 3.27. The van der Waals surface area contributed by atoms with E-state index >= 15 is 0 Å². The average molecular weight is 227 g/mol. The van der Waals surface area contributed by atoms with E-state index in [4.69, 9.17) is 10.5 Å². The number of halogens is 2. The number of hydrogen-bond donors (Lipinski definition) is 1. The molecule has 0 spiro atoms. The van der Waals surface area contributed by atoms with Crippen LogP contribution in [-0.4, -0.2) is 13.2 Å². The molecule has 1 aromatic rings. The normalized spacial score (nSPS) is 17.9. The van der Waals surface area contributed by atoms with Gasteiger partial charge in [0.15, 0.2) is 11.6 Å². The van der Waals surface area contributed by atoms with Crippen LogP contribution in [0.25, 0.3) is 0 Å². The summed E-state index contributed by atoms with van der Waals surface area (Å²) in [7, 11) is 0. The van der Waals surface area contributed by atoms with Gasteiger partial charge in [-0.1, -0.05) is 6.42 Å². The molecule has 16 heavy (non-hydrogen) atoms. The van der Waals surface area contributed by atoms with Crippen LogP contribution in [-0.2, 0) is 0 Å². The Morgan fingerprint density at radius 1 is 1.31 bits per heavy atom. The van der Waals surface area contributed by atoms with Crippen molar-refractivity contribution in [1.29, 1.82) is 0 Å². The van der Waals surface area contributed by atoms with Gasteiger partial charge in [-0.2, -0.15) is 0 Å². The van der Waals surface area contributed by atoms with Crippen LogP contribution < -0.4 is 10.5 Å². The first-order chi connectivity index (χ1) is 7.65. The number of ether oxygens (including phenoxy) is 1. The maximum atomic E-state index is 13.2. The first-order valence-corrected chi connectivity index (χ1v) is 5.43. The van der Waals surface area contributed by atoms with Crippen LogP contribution in [0.1, 0.15) is 19.3 Å². The molecule has 1 aliphatic carbocycles. The zero-order valence-electron chi connectivity index (χ0n) is 9.01. The summed E-state index contributed by atoms with van der Waals surface area (Å²) < 4.78 is 31.4. The van der Waals surface area contributed by atoms with Crippen LogP contribution in [0.4, 0.5) is 8.78 Å². The predicted octanol–water partition coefficient (Wildman–Crippen LogP) is 2.47. The lowest BCUT2D eigenvalue weighted by atomic mass is 9.69. The second kappa shape index (κ2) is 4.37. The SMILES string of the molecule is NCC1(COc2cc(F)ccc2F)CCC1. The summed E-state index contributed by atoms with van der Waals surface area (Å²) in [6.45, 7) is 0.897. The second-order valence-corrected chi connectivity index (χ2v) is 4.42. The zero-order valence-corrected chi connectivity index (χ0v) is 9.01. The van der Waals surface area contributed by atoms with Gasteiger partial charge in [-0.15, -0.1) is 0 Å². The minimum absolute atomic E-state index is 0.0280. The van der Waals surface area contributed by atoms with Crippen molar-refractivity contribution in [3.63, 3.8) is 0 Å². The number of hydrogen-bond acceptors (Lipinski definition) is 2. The van der Waals surface area contributed by atoms with Crippen LogP contribution in [0.3, 0.4) is 0 Å². The van der Waals surface area contributed by atoms with Crippen molar-refractivity contribution in [1.82, 2.24) is 0 Å². The molecule has 0 radical (unpaired) electrons. The highest BCUT2D eigenvalue weighted by Gasteiger charge is 2.36. The van der Waals surface area contributed by atoms with Crippen molar-refractivity contribution in [2.24, 2.45) is 11.1 Å². The summed E-state index contributed by atoms with van der Waals surface area (Å²) in [6.07, 6.45) is 3.13. The first-order valence-electron chi connectivity index (χ1n) is 5.43. The van der Waals surface area contributed by atoms with Gasteiger partial charge in [-0.05, 0) is 25.0 Å². The number of nitrogens with two attached hydrogens (primary N) is 1. The van der Waals surface area contributed by atoms with E-state index in [9.17, 15) is 8.78 Å². The van der Waals surface area contributed by atoms with Gasteiger partial charge in [-0.25, -0.2) is 8.78 Å². The molecule has 0 bridgehead atoms. The summed E-state index contributed by atoms with van der Waals surface area (Å²) in [5.74, 6) is -1.06. The largest absolute Gasteiger partial charge is 0.490 e. The third kappa shape index (κ3) is 2.16. The molecule has 2 rings (SSSR count). The Kier molecular flexibility index (Phi) is 3.10. The van der Waals surface area contributed by atoms with E-state index in [1.165, 1.54) is 0 Å².